The Kier molecular flexibility index (Phi) is 2.89. The normalized spacial score (nSPS) is 35.3. The molecule has 2 aliphatic carbocycles. The van der Waals surface area contributed by atoms with Crippen LogP contribution in [-0.4, -0.2) is 50.4 Å². The van der Waals surface area contributed by atoms with Gasteiger partial charge in [-0.25, -0.2) is 4.68 Å². The molecule has 3 heterocycles. The molecule has 0 amide bonds. The van der Waals surface area contributed by atoms with Gasteiger partial charge in [0.05, 0.1) is 18.2 Å². The smallest absolute Gasteiger partial charge is 0.168 e. The second kappa shape index (κ2) is 4.74. The Labute approximate surface area is 131 Å². The molecule has 3 unspecified atom stereocenters. The van der Waals surface area contributed by atoms with E-state index in [0.29, 0.717) is 29.6 Å². The average molecular weight is 303 g/mol. The maximum Gasteiger partial charge on any atom is 0.168 e. The molecule has 4 fully saturated rings. The number of aromatic nitrogens is 4. The number of tetrazole rings is 1. The van der Waals surface area contributed by atoms with Gasteiger partial charge in [-0.1, -0.05) is 6.42 Å². The minimum absolute atomic E-state index is 0.302. The van der Waals surface area contributed by atoms with Crippen molar-refractivity contribution in [2.24, 2.45) is 5.41 Å². The lowest BCUT2D eigenvalue weighted by atomic mass is 9.56. The molecule has 1 aromatic rings. The summed E-state index contributed by atoms with van der Waals surface area (Å²) in [7, 11) is 0. The fourth-order valence-corrected chi connectivity index (χ4v) is 4.92. The van der Waals surface area contributed by atoms with Gasteiger partial charge in [0, 0.05) is 24.6 Å². The summed E-state index contributed by atoms with van der Waals surface area (Å²) >= 11 is 0. The molecule has 2 saturated heterocycles. The van der Waals surface area contributed by atoms with Crippen molar-refractivity contribution in [1.82, 2.24) is 25.1 Å². The molecule has 2 saturated carbocycles. The molecule has 6 nitrogen and oxygen atoms in total. The van der Waals surface area contributed by atoms with Crippen molar-refractivity contribution in [2.45, 2.75) is 76.1 Å². The fourth-order valence-electron chi connectivity index (χ4n) is 4.92. The number of likely N-dealkylation sites (tertiary alicyclic amines) is 1. The lowest BCUT2D eigenvalue weighted by molar-refractivity contribution is -0.188. The van der Waals surface area contributed by atoms with E-state index >= 15 is 0 Å². The highest BCUT2D eigenvalue weighted by Crippen LogP contribution is 2.57. The molecule has 1 spiro atoms. The van der Waals surface area contributed by atoms with E-state index < -0.39 is 0 Å². The van der Waals surface area contributed by atoms with Crippen LogP contribution in [-0.2, 0) is 4.74 Å². The Hall–Kier alpha value is -1.01. The summed E-state index contributed by atoms with van der Waals surface area (Å²) in [6.45, 7) is 4.42. The third kappa shape index (κ3) is 1.83. The van der Waals surface area contributed by atoms with Gasteiger partial charge in [-0.3, -0.25) is 4.90 Å². The maximum absolute atomic E-state index is 6.08. The first-order valence-corrected chi connectivity index (χ1v) is 8.94. The molecular formula is C16H25N5O. The van der Waals surface area contributed by atoms with Gasteiger partial charge in [0.1, 0.15) is 0 Å². The van der Waals surface area contributed by atoms with Gasteiger partial charge in [-0.05, 0) is 55.9 Å². The van der Waals surface area contributed by atoms with Crippen LogP contribution in [0.1, 0.15) is 69.8 Å². The number of hydrogen-bond acceptors (Lipinski definition) is 5. The topological polar surface area (TPSA) is 56.1 Å². The minimum Gasteiger partial charge on any atom is -0.377 e. The van der Waals surface area contributed by atoms with Gasteiger partial charge >= 0.3 is 0 Å². The van der Waals surface area contributed by atoms with Crippen LogP contribution in [0.25, 0.3) is 0 Å². The first-order chi connectivity index (χ1) is 10.8. The number of hydrogen-bond donors (Lipinski definition) is 0. The van der Waals surface area contributed by atoms with Crippen LogP contribution < -0.4 is 0 Å². The fraction of sp³-hybridized carbons (Fsp3) is 0.938. The molecule has 120 valence electrons. The van der Waals surface area contributed by atoms with Crippen LogP contribution >= 0.6 is 0 Å². The SMILES string of the molecule is CC(c1nnnn1C1CC1)N1CC2(CCC2)C1C1CCCO1. The summed E-state index contributed by atoms with van der Waals surface area (Å²) in [5, 5.41) is 12.5. The minimum atomic E-state index is 0.302. The zero-order valence-electron chi connectivity index (χ0n) is 13.3. The molecule has 22 heavy (non-hydrogen) atoms. The van der Waals surface area contributed by atoms with E-state index in [-0.39, 0.29) is 0 Å². The summed E-state index contributed by atoms with van der Waals surface area (Å²) in [6, 6.07) is 1.44. The molecule has 0 aromatic carbocycles. The van der Waals surface area contributed by atoms with Crippen molar-refractivity contribution < 1.29 is 4.74 Å². The van der Waals surface area contributed by atoms with Crippen LogP contribution in [0.2, 0.25) is 0 Å². The summed E-state index contributed by atoms with van der Waals surface area (Å²) in [5.41, 5.74) is 0.543. The first-order valence-electron chi connectivity index (χ1n) is 8.94. The van der Waals surface area contributed by atoms with E-state index in [1.54, 1.807) is 0 Å². The second-order valence-corrected chi connectivity index (χ2v) is 7.77. The predicted octanol–water partition coefficient (Wildman–Crippen LogP) is 2.10. The highest BCUT2D eigenvalue weighted by atomic mass is 16.5. The largest absolute Gasteiger partial charge is 0.377 e. The van der Waals surface area contributed by atoms with Gasteiger partial charge < -0.3 is 4.74 Å². The van der Waals surface area contributed by atoms with Gasteiger partial charge in [0.2, 0.25) is 0 Å². The first kappa shape index (κ1) is 13.4. The van der Waals surface area contributed by atoms with Gasteiger partial charge in [0.25, 0.3) is 0 Å². The van der Waals surface area contributed by atoms with Crippen LogP contribution in [0.5, 0.6) is 0 Å². The lowest BCUT2D eigenvalue weighted by Crippen LogP contribution is -2.71. The van der Waals surface area contributed by atoms with Crippen molar-refractivity contribution in [2.75, 3.05) is 13.2 Å². The van der Waals surface area contributed by atoms with Gasteiger partial charge in [0.15, 0.2) is 5.82 Å². The number of rotatable bonds is 4. The number of ether oxygens (including phenoxy) is 1. The highest BCUT2D eigenvalue weighted by Gasteiger charge is 2.60. The van der Waals surface area contributed by atoms with Crippen molar-refractivity contribution in [3.63, 3.8) is 0 Å². The molecule has 4 aliphatic rings. The van der Waals surface area contributed by atoms with Crippen molar-refractivity contribution >= 4 is 0 Å². The lowest BCUT2D eigenvalue weighted by Gasteiger charge is -2.65. The van der Waals surface area contributed by atoms with Crippen molar-refractivity contribution in [3.8, 4) is 0 Å². The van der Waals surface area contributed by atoms with Gasteiger partial charge in [-0.15, -0.1) is 5.10 Å². The molecule has 1 aromatic heterocycles. The Morgan fingerprint density at radius 2 is 2.09 bits per heavy atom. The molecule has 0 radical (unpaired) electrons. The Morgan fingerprint density at radius 1 is 1.23 bits per heavy atom. The zero-order valence-corrected chi connectivity index (χ0v) is 13.3. The van der Waals surface area contributed by atoms with Crippen LogP contribution in [0.15, 0.2) is 0 Å². The van der Waals surface area contributed by atoms with E-state index in [9.17, 15) is 0 Å². The molecule has 0 bridgehead atoms. The van der Waals surface area contributed by atoms with E-state index in [0.717, 1.165) is 12.4 Å². The molecule has 0 N–H and O–H groups in total. The average Bonchev–Trinajstić information content (AvgIpc) is 2.96. The summed E-state index contributed by atoms with van der Waals surface area (Å²) in [5.74, 6) is 1.06. The van der Waals surface area contributed by atoms with E-state index in [1.807, 2.05) is 0 Å². The predicted molar refractivity (Wildman–Crippen MR) is 80.3 cm³/mol. The summed E-state index contributed by atoms with van der Waals surface area (Å²) < 4.78 is 8.15. The second-order valence-electron chi connectivity index (χ2n) is 7.77. The maximum atomic E-state index is 6.08. The third-order valence-electron chi connectivity index (χ3n) is 6.43. The quantitative estimate of drug-likeness (QED) is 0.852. The third-order valence-corrected chi connectivity index (χ3v) is 6.43. The van der Waals surface area contributed by atoms with Crippen LogP contribution in [0.3, 0.4) is 0 Å². The van der Waals surface area contributed by atoms with Crippen molar-refractivity contribution in [1.29, 1.82) is 0 Å². The van der Waals surface area contributed by atoms with Gasteiger partial charge in [-0.2, -0.15) is 0 Å². The highest BCUT2D eigenvalue weighted by molar-refractivity contribution is 5.15. The summed E-state index contributed by atoms with van der Waals surface area (Å²) in [6.07, 6.45) is 9.49. The molecular weight excluding hydrogens is 278 g/mol. The molecule has 3 atom stereocenters. The zero-order chi connectivity index (χ0) is 14.7. The monoisotopic (exact) mass is 303 g/mol. The number of nitrogens with zero attached hydrogens (tertiary/aromatic N) is 5. The Balaban J connectivity index is 1.40. The van der Waals surface area contributed by atoms with E-state index in [4.69, 9.17) is 4.74 Å². The van der Waals surface area contributed by atoms with E-state index in [1.165, 1.54) is 51.5 Å². The Morgan fingerprint density at radius 3 is 2.73 bits per heavy atom. The standard InChI is InChI=1S/C16H25N5O/c1-11(15-17-18-19-21(15)12-5-6-12)20-10-16(7-3-8-16)14(20)13-4-2-9-22-13/h11-14H,2-10H2,1H3. The molecule has 6 heteroatoms. The molecule has 2 aliphatic heterocycles. The Bertz CT molecular complexity index is 559. The van der Waals surface area contributed by atoms with Crippen molar-refractivity contribution in [3.05, 3.63) is 5.82 Å². The summed E-state index contributed by atoms with van der Waals surface area (Å²) in [4.78, 5) is 2.62. The molecule has 5 rings (SSSR count). The van der Waals surface area contributed by atoms with Crippen LogP contribution in [0.4, 0.5) is 0 Å². The van der Waals surface area contributed by atoms with E-state index in [2.05, 4.69) is 32.0 Å². The van der Waals surface area contributed by atoms with Crippen LogP contribution in [0, 0.1) is 5.41 Å².